The molecule has 8 nitrogen and oxygen atoms in total. The molecule has 1 aromatic heterocycles. The maximum absolute atomic E-state index is 12.3. The Morgan fingerprint density at radius 3 is 1.95 bits per heavy atom. The lowest BCUT2D eigenvalue weighted by atomic mass is 9.80. The average molecular weight is 515 g/mol. The van der Waals surface area contributed by atoms with E-state index in [1.54, 1.807) is 14.2 Å². The molecule has 1 aliphatic heterocycles. The predicted molar refractivity (Wildman–Crippen MR) is 143 cm³/mol. The molecule has 0 aliphatic carbocycles. The van der Waals surface area contributed by atoms with Gasteiger partial charge in [-0.05, 0) is 53.8 Å². The molecule has 5 rings (SSSR count). The standard InChI is InChI=1S/C30H30N2O6/c1-35-24-12-8-22(9-13-24)30(21-6-4-3-5-7-21,23-10-14-25(36-2)15-11-23)37-20-26-16-17-28(38-26)32-19-18-27(33)31-29(32)34/h3-15,18-19,26,28H,16-17,20H2,1-2H3,(H,31,33,34)/t26-,28+/m0/s1. The fraction of sp³-hybridized carbons (Fsp3) is 0.267. The Hall–Kier alpha value is -4.14. The molecule has 0 amide bonds. The smallest absolute Gasteiger partial charge is 0.330 e. The highest BCUT2D eigenvalue weighted by atomic mass is 16.6. The van der Waals surface area contributed by atoms with Crippen LogP contribution in [0.1, 0.15) is 35.8 Å². The normalized spacial score (nSPS) is 17.3. The topological polar surface area (TPSA) is 91.8 Å². The molecule has 2 heterocycles. The molecule has 38 heavy (non-hydrogen) atoms. The Balaban J connectivity index is 1.51. The SMILES string of the molecule is COc1ccc(C(OC[C@@H]2CC[C@H](n3ccc(=O)[nH]c3=O)O2)(c2ccccc2)c2ccc(OC)cc2)cc1. The molecule has 1 fully saturated rings. The summed E-state index contributed by atoms with van der Waals surface area (Å²) >= 11 is 0. The van der Waals surface area contributed by atoms with E-state index in [-0.39, 0.29) is 12.7 Å². The van der Waals surface area contributed by atoms with Gasteiger partial charge in [0.05, 0.1) is 26.9 Å². The van der Waals surface area contributed by atoms with Crippen LogP contribution in [0.2, 0.25) is 0 Å². The van der Waals surface area contributed by atoms with Crippen LogP contribution in [-0.2, 0) is 15.1 Å². The Bertz CT molecular complexity index is 1410. The largest absolute Gasteiger partial charge is 0.497 e. The van der Waals surface area contributed by atoms with Gasteiger partial charge in [-0.25, -0.2) is 4.79 Å². The summed E-state index contributed by atoms with van der Waals surface area (Å²) in [6, 6.07) is 27.1. The molecule has 0 bridgehead atoms. The van der Waals surface area contributed by atoms with Crippen molar-refractivity contribution in [2.45, 2.75) is 30.8 Å². The van der Waals surface area contributed by atoms with Crippen LogP contribution in [0.25, 0.3) is 0 Å². The quantitative estimate of drug-likeness (QED) is 0.336. The molecule has 1 N–H and O–H groups in total. The third-order valence-corrected chi connectivity index (χ3v) is 6.91. The van der Waals surface area contributed by atoms with Gasteiger partial charge in [-0.2, -0.15) is 0 Å². The van der Waals surface area contributed by atoms with E-state index in [4.69, 9.17) is 18.9 Å². The summed E-state index contributed by atoms with van der Waals surface area (Å²) in [5, 5.41) is 0. The summed E-state index contributed by atoms with van der Waals surface area (Å²) in [5.41, 5.74) is 0.953. The van der Waals surface area contributed by atoms with Gasteiger partial charge in [-0.15, -0.1) is 0 Å². The minimum Gasteiger partial charge on any atom is -0.497 e. The molecule has 0 radical (unpaired) electrons. The van der Waals surface area contributed by atoms with Crippen LogP contribution in [0.4, 0.5) is 0 Å². The zero-order chi connectivity index (χ0) is 26.5. The first kappa shape index (κ1) is 25.5. The number of rotatable bonds is 9. The molecule has 0 saturated carbocycles. The van der Waals surface area contributed by atoms with Crippen molar-refractivity contribution < 1.29 is 18.9 Å². The second-order valence-corrected chi connectivity index (χ2v) is 9.12. The molecule has 1 aliphatic rings. The van der Waals surface area contributed by atoms with E-state index >= 15 is 0 Å². The number of aromatic nitrogens is 2. The highest BCUT2D eigenvalue weighted by Crippen LogP contribution is 2.42. The van der Waals surface area contributed by atoms with E-state index in [1.165, 1.54) is 16.8 Å². The average Bonchev–Trinajstić information content (AvgIpc) is 3.43. The Morgan fingerprint density at radius 1 is 0.816 bits per heavy atom. The van der Waals surface area contributed by atoms with Gasteiger partial charge >= 0.3 is 5.69 Å². The predicted octanol–water partition coefficient (Wildman–Crippen LogP) is 4.24. The number of ether oxygens (including phenoxy) is 4. The second kappa shape index (κ2) is 11.1. The highest BCUT2D eigenvalue weighted by molar-refractivity contribution is 5.49. The number of hydrogen-bond acceptors (Lipinski definition) is 6. The molecule has 196 valence electrons. The third kappa shape index (κ3) is 5.01. The van der Waals surface area contributed by atoms with E-state index in [2.05, 4.69) is 4.98 Å². The molecule has 3 aromatic carbocycles. The first-order chi connectivity index (χ1) is 18.5. The van der Waals surface area contributed by atoms with Crippen molar-refractivity contribution >= 4 is 0 Å². The van der Waals surface area contributed by atoms with Crippen molar-refractivity contribution in [2.75, 3.05) is 20.8 Å². The van der Waals surface area contributed by atoms with Gasteiger partial charge in [0.25, 0.3) is 5.56 Å². The van der Waals surface area contributed by atoms with Gasteiger partial charge < -0.3 is 18.9 Å². The van der Waals surface area contributed by atoms with Crippen LogP contribution in [-0.4, -0.2) is 36.5 Å². The summed E-state index contributed by atoms with van der Waals surface area (Å²) in [4.78, 5) is 26.1. The summed E-state index contributed by atoms with van der Waals surface area (Å²) in [6.45, 7) is 0.279. The minimum absolute atomic E-state index is 0.251. The summed E-state index contributed by atoms with van der Waals surface area (Å²) in [5.74, 6) is 1.50. The number of nitrogens with zero attached hydrogens (tertiary/aromatic N) is 1. The van der Waals surface area contributed by atoms with Crippen LogP contribution in [0.3, 0.4) is 0 Å². The lowest BCUT2D eigenvalue weighted by Crippen LogP contribution is -2.36. The van der Waals surface area contributed by atoms with Gasteiger partial charge in [0.15, 0.2) is 0 Å². The van der Waals surface area contributed by atoms with Crippen LogP contribution in [0, 0.1) is 0 Å². The van der Waals surface area contributed by atoms with E-state index in [1.807, 2.05) is 78.9 Å². The Kier molecular flexibility index (Phi) is 7.44. The van der Waals surface area contributed by atoms with Gasteiger partial charge in [-0.1, -0.05) is 54.6 Å². The molecular formula is C30H30N2O6. The lowest BCUT2D eigenvalue weighted by Gasteiger charge is -2.37. The fourth-order valence-electron chi connectivity index (χ4n) is 4.96. The lowest BCUT2D eigenvalue weighted by molar-refractivity contribution is -0.0774. The number of methoxy groups -OCH3 is 2. The van der Waals surface area contributed by atoms with Crippen LogP contribution in [0.15, 0.2) is 101 Å². The summed E-state index contributed by atoms with van der Waals surface area (Å²) < 4.78 is 25.4. The number of aromatic amines is 1. The second-order valence-electron chi connectivity index (χ2n) is 9.12. The molecule has 4 aromatic rings. The van der Waals surface area contributed by atoms with Crippen molar-refractivity contribution in [2.24, 2.45) is 0 Å². The third-order valence-electron chi connectivity index (χ3n) is 6.91. The fourth-order valence-corrected chi connectivity index (χ4v) is 4.96. The summed E-state index contributed by atoms with van der Waals surface area (Å²) in [7, 11) is 3.28. The number of hydrogen-bond donors (Lipinski definition) is 1. The first-order valence-electron chi connectivity index (χ1n) is 12.5. The monoisotopic (exact) mass is 514 g/mol. The highest BCUT2D eigenvalue weighted by Gasteiger charge is 2.39. The zero-order valence-electron chi connectivity index (χ0n) is 21.3. The number of benzene rings is 3. The van der Waals surface area contributed by atoms with E-state index in [9.17, 15) is 9.59 Å². The molecule has 0 spiro atoms. The van der Waals surface area contributed by atoms with Crippen molar-refractivity contribution in [3.63, 3.8) is 0 Å². The van der Waals surface area contributed by atoms with Gasteiger partial charge in [0, 0.05) is 12.3 Å². The van der Waals surface area contributed by atoms with Crippen LogP contribution >= 0.6 is 0 Å². The number of H-pyrrole nitrogens is 1. The zero-order valence-corrected chi connectivity index (χ0v) is 21.3. The maximum Gasteiger partial charge on any atom is 0.330 e. The minimum atomic E-state index is -0.948. The Morgan fingerprint density at radius 2 is 1.39 bits per heavy atom. The molecule has 0 unspecified atom stereocenters. The van der Waals surface area contributed by atoms with Crippen molar-refractivity contribution in [3.8, 4) is 11.5 Å². The molecule has 1 saturated heterocycles. The summed E-state index contributed by atoms with van der Waals surface area (Å²) in [6.07, 6.45) is 2.08. The molecular weight excluding hydrogens is 484 g/mol. The van der Waals surface area contributed by atoms with Gasteiger partial charge in [0.1, 0.15) is 23.3 Å². The Labute approximate surface area is 220 Å². The molecule has 8 heteroatoms. The van der Waals surface area contributed by atoms with Crippen molar-refractivity contribution in [3.05, 3.63) is 129 Å². The number of nitrogens with one attached hydrogen (secondary N) is 1. The van der Waals surface area contributed by atoms with Crippen LogP contribution in [0.5, 0.6) is 11.5 Å². The van der Waals surface area contributed by atoms with Crippen molar-refractivity contribution in [1.29, 1.82) is 0 Å². The van der Waals surface area contributed by atoms with Crippen LogP contribution < -0.4 is 20.7 Å². The van der Waals surface area contributed by atoms with E-state index in [0.29, 0.717) is 12.8 Å². The maximum atomic E-state index is 12.3. The van der Waals surface area contributed by atoms with Gasteiger partial charge in [0.2, 0.25) is 0 Å². The van der Waals surface area contributed by atoms with E-state index < -0.39 is 23.1 Å². The first-order valence-corrected chi connectivity index (χ1v) is 12.5. The van der Waals surface area contributed by atoms with Crippen molar-refractivity contribution in [1.82, 2.24) is 9.55 Å². The van der Waals surface area contributed by atoms with E-state index in [0.717, 1.165) is 28.2 Å². The molecule has 2 atom stereocenters. The van der Waals surface area contributed by atoms with Gasteiger partial charge in [-0.3, -0.25) is 14.3 Å².